The Morgan fingerprint density at radius 1 is 1.34 bits per heavy atom. The molecule has 1 aromatic carbocycles. The van der Waals surface area contributed by atoms with Crippen molar-refractivity contribution in [2.24, 2.45) is 11.7 Å². The smallest absolute Gasteiger partial charge is 0.271 e. The third-order valence-corrected chi connectivity index (χ3v) is 7.08. The molecule has 1 aliphatic carbocycles. The number of hydrogen-bond donors (Lipinski definition) is 2. The van der Waals surface area contributed by atoms with E-state index in [0.717, 1.165) is 30.8 Å². The molecule has 0 bridgehead atoms. The molecular formula is C20H23FN4O3S. The summed E-state index contributed by atoms with van der Waals surface area (Å²) in [5, 5.41) is 0.288. The molecule has 0 radical (unpaired) electrons. The summed E-state index contributed by atoms with van der Waals surface area (Å²) in [6.07, 6.45) is 2.78. The van der Waals surface area contributed by atoms with Gasteiger partial charge in [-0.2, -0.15) is 0 Å². The predicted molar refractivity (Wildman–Crippen MR) is 113 cm³/mol. The summed E-state index contributed by atoms with van der Waals surface area (Å²) in [5.41, 5.74) is 6.14. The molecule has 9 heteroatoms. The number of nitrogens with one attached hydrogen (secondary N) is 1. The van der Waals surface area contributed by atoms with E-state index in [0.29, 0.717) is 34.9 Å². The minimum Gasteiger partial charge on any atom is -0.492 e. The maximum Gasteiger partial charge on any atom is 0.271 e. The summed E-state index contributed by atoms with van der Waals surface area (Å²) in [5.74, 6) is 0.125. The minimum absolute atomic E-state index is 0.0240. The van der Waals surface area contributed by atoms with Crippen molar-refractivity contribution in [2.45, 2.75) is 38.3 Å². The fourth-order valence-electron chi connectivity index (χ4n) is 4.51. The summed E-state index contributed by atoms with van der Waals surface area (Å²) < 4.78 is 25.7. The largest absolute Gasteiger partial charge is 0.492 e. The molecule has 5 rings (SSSR count). The second-order valence-corrected chi connectivity index (χ2v) is 8.93. The zero-order valence-electron chi connectivity index (χ0n) is 16.3. The van der Waals surface area contributed by atoms with Gasteiger partial charge in [0.1, 0.15) is 15.9 Å². The highest BCUT2D eigenvalue weighted by Gasteiger charge is 2.34. The van der Waals surface area contributed by atoms with Gasteiger partial charge in [0.15, 0.2) is 11.6 Å². The number of benzene rings is 1. The fourth-order valence-corrected chi connectivity index (χ4v) is 5.42. The van der Waals surface area contributed by atoms with Gasteiger partial charge >= 0.3 is 0 Å². The number of hydrogen-bond acceptors (Lipinski definition) is 6. The Morgan fingerprint density at radius 3 is 2.72 bits per heavy atom. The average molecular weight is 418 g/mol. The van der Waals surface area contributed by atoms with Crippen LogP contribution in [-0.4, -0.2) is 35.2 Å². The van der Waals surface area contributed by atoms with Crippen LogP contribution in [0.3, 0.4) is 0 Å². The molecule has 1 saturated heterocycles. The standard InChI is InChI=1S/C20H23FN4O3S/c1-9(22)10-5-6-24(8-10)16-13(21)7-12-15(18(16)28-2)25(11-3-4-11)20-14(17(12)26)19(27)23-29-20/h7,9-11H,3-6,8,22H2,1-2H3,(H,23,27)/t9-,10?/m0/s1. The number of anilines is 1. The van der Waals surface area contributed by atoms with Crippen molar-refractivity contribution in [1.82, 2.24) is 8.94 Å². The number of aromatic amines is 1. The van der Waals surface area contributed by atoms with E-state index < -0.39 is 16.8 Å². The lowest BCUT2D eigenvalue weighted by atomic mass is 10.0. The van der Waals surface area contributed by atoms with Crippen LogP contribution in [0.2, 0.25) is 0 Å². The van der Waals surface area contributed by atoms with Crippen molar-refractivity contribution in [2.75, 3.05) is 25.1 Å². The van der Waals surface area contributed by atoms with Crippen LogP contribution in [0.15, 0.2) is 15.7 Å². The lowest BCUT2D eigenvalue weighted by molar-refractivity contribution is 0.413. The van der Waals surface area contributed by atoms with Crippen molar-refractivity contribution in [1.29, 1.82) is 0 Å². The topological polar surface area (TPSA) is 93.3 Å². The number of ether oxygens (including phenoxy) is 1. The van der Waals surface area contributed by atoms with Crippen molar-refractivity contribution in [3.05, 3.63) is 32.5 Å². The summed E-state index contributed by atoms with van der Waals surface area (Å²) in [6.45, 7) is 3.29. The monoisotopic (exact) mass is 418 g/mol. The van der Waals surface area contributed by atoms with Crippen LogP contribution >= 0.6 is 11.5 Å². The van der Waals surface area contributed by atoms with Gasteiger partial charge in [0.2, 0.25) is 5.43 Å². The predicted octanol–water partition coefficient (Wildman–Crippen LogP) is 2.56. The molecule has 3 aromatic rings. The van der Waals surface area contributed by atoms with Crippen LogP contribution < -0.4 is 26.4 Å². The molecule has 2 atom stereocenters. The Kier molecular flexibility index (Phi) is 4.22. The van der Waals surface area contributed by atoms with Gasteiger partial charge in [-0.3, -0.25) is 14.0 Å². The van der Waals surface area contributed by atoms with E-state index in [1.807, 2.05) is 16.4 Å². The van der Waals surface area contributed by atoms with E-state index >= 15 is 4.39 Å². The molecule has 154 valence electrons. The first-order valence-electron chi connectivity index (χ1n) is 9.88. The van der Waals surface area contributed by atoms with Gasteiger partial charge < -0.3 is 19.9 Å². The van der Waals surface area contributed by atoms with Gasteiger partial charge in [-0.05, 0) is 49.7 Å². The molecule has 0 spiro atoms. The minimum atomic E-state index is -0.509. The molecule has 3 heterocycles. The van der Waals surface area contributed by atoms with E-state index in [1.165, 1.54) is 13.2 Å². The number of aromatic nitrogens is 2. The molecule has 7 nitrogen and oxygen atoms in total. The first-order chi connectivity index (χ1) is 13.9. The Bertz CT molecular complexity index is 1240. The quantitative estimate of drug-likeness (QED) is 0.679. The van der Waals surface area contributed by atoms with Crippen molar-refractivity contribution >= 4 is 38.3 Å². The van der Waals surface area contributed by atoms with Gasteiger partial charge in [0, 0.05) is 25.2 Å². The van der Waals surface area contributed by atoms with E-state index in [9.17, 15) is 9.59 Å². The normalized spacial score (nSPS) is 20.7. The summed E-state index contributed by atoms with van der Waals surface area (Å²) in [6, 6.07) is 1.47. The van der Waals surface area contributed by atoms with Crippen LogP contribution in [0.4, 0.5) is 10.1 Å². The van der Waals surface area contributed by atoms with Gasteiger partial charge in [0.05, 0.1) is 18.0 Å². The molecule has 2 aromatic heterocycles. The van der Waals surface area contributed by atoms with Crippen LogP contribution in [-0.2, 0) is 0 Å². The third-order valence-electron chi connectivity index (χ3n) is 6.20. The Morgan fingerprint density at radius 2 is 2.10 bits per heavy atom. The molecule has 3 N–H and O–H groups in total. The SMILES string of the molecule is COc1c(N2CCC([C@H](C)N)C2)c(F)cc2c(=O)c3c(=O)[nH]sc3n(C3CC3)c12. The molecule has 2 aliphatic rings. The Balaban J connectivity index is 1.84. The van der Waals surface area contributed by atoms with Gasteiger partial charge in [-0.15, -0.1) is 0 Å². The number of H-pyrrole nitrogens is 1. The number of pyridine rings is 1. The molecule has 1 aliphatic heterocycles. The fraction of sp³-hybridized carbons (Fsp3) is 0.500. The zero-order valence-corrected chi connectivity index (χ0v) is 17.1. The third kappa shape index (κ3) is 2.71. The average Bonchev–Trinajstić information content (AvgIpc) is 3.26. The molecular weight excluding hydrogens is 395 g/mol. The highest BCUT2D eigenvalue weighted by molar-refractivity contribution is 7.12. The zero-order chi connectivity index (χ0) is 20.4. The molecule has 0 amide bonds. The van der Waals surface area contributed by atoms with Crippen LogP contribution in [0.25, 0.3) is 21.1 Å². The first-order valence-corrected chi connectivity index (χ1v) is 10.7. The van der Waals surface area contributed by atoms with Crippen molar-refractivity contribution in [3.63, 3.8) is 0 Å². The van der Waals surface area contributed by atoms with Crippen LogP contribution in [0, 0.1) is 11.7 Å². The Labute approximate surface area is 170 Å². The van der Waals surface area contributed by atoms with E-state index in [1.54, 1.807) is 0 Å². The van der Waals surface area contributed by atoms with Crippen LogP contribution in [0.5, 0.6) is 5.75 Å². The number of methoxy groups -OCH3 is 1. The molecule has 1 saturated carbocycles. The Hall–Kier alpha value is -2.39. The van der Waals surface area contributed by atoms with Gasteiger partial charge in [-0.1, -0.05) is 0 Å². The lowest BCUT2D eigenvalue weighted by Gasteiger charge is -2.25. The van der Waals surface area contributed by atoms with E-state index in [2.05, 4.69) is 4.37 Å². The number of nitrogens with two attached hydrogens (primary N) is 1. The number of rotatable bonds is 4. The second-order valence-electron chi connectivity index (χ2n) is 8.13. The summed E-state index contributed by atoms with van der Waals surface area (Å²) >= 11 is 1.15. The maximum atomic E-state index is 15.3. The van der Waals surface area contributed by atoms with Crippen LogP contribution in [0.1, 0.15) is 32.2 Å². The maximum absolute atomic E-state index is 15.3. The van der Waals surface area contributed by atoms with Gasteiger partial charge in [-0.25, -0.2) is 4.39 Å². The number of nitrogens with zero attached hydrogens (tertiary/aromatic N) is 2. The van der Waals surface area contributed by atoms with Gasteiger partial charge in [0.25, 0.3) is 5.56 Å². The molecule has 2 fully saturated rings. The second kappa shape index (κ2) is 6.56. The molecule has 1 unspecified atom stereocenters. The van der Waals surface area contributed by atoms with E-state index in [4.69, 9.17) is 10.5 Å². The van der Waals surface area contributed by atoms with Crippen molar-refractivity contribution < 1.29 is 9.13 Å². The van der Waals surface area contributed by atoms with Crippen molar-refractivity contribution in [3.8, 4) is 5.75 Å². The summed E-state index contributed by atoms with van der Waals surface area (Å²) in [4.78, 5) is 27.9. The number of fused-ring (bicyclic) bond motifs is 2. The number of halogens is 1. The summed E-state index contributed by atoms with van der Waals surface area (Å²) in [7, 11) is 1.50. The highest BCUT2D eigenvalue weighted by Crippen LogP contribution is 2.46. The molecule has 29 heavy (non-hydrogen) atoms. The lowest BCUT2D eigenvalue weighted by Crippen LogP contribution is -2.30. The first kappa shape index (κ1) is 18.6. The highest BCUT2D eigenvalue weighted by atomic mass is 32.1. The van der Waals surface area contributed by atoms with E-state index in [-0.39, 0.29) is 28.8 Å².